The minimum Gasteiger partial charge on any atom is -0.495 e. The van der Waals surface area contributed by atoms with Crippen molar-refractivity contribution in [3.8, 4) is 11.5 Å². The predicted molar refractivity (Wildman–Crippen MR) is 120 cm³/mol. The van der Waals surface area contributed by atoms with Crippen molar-refractivity contribution in [2.45, 2.75) is 19.8 Å². The normalized spacial score (nSPS) is 15.2. The van der Waals surface area contributed by atoms with Gasteiger partial charge in [0.05, 0.1) is 12.8 Å². The van der Waals surface area contributed by atoms with Gasteiger partial charge in [0.15, 0.2) is 0 Å². The molecule has 1 aliphatic heterocycles. The number of hydrogen-bond acceptors (Lipinski definition) is 4. The first-order valence-corrected chi connectivity index (χ1v) is 10.5. The number of anilines is 1. The van der Waals surface area contributed by atoms with Crippen LogP contribution in [0.2, 0.25) is 0 Å². The lowest BCUT2D eigenvalue weighted by atomic mass is 10.0. The Kier molecular flexibility index (Phi) is 5.95. The molecule has 0 unspecified atom stereocenters. The molecule has 1 aliphatic rings. The Hall–Kier alpha value is -2.66. The van der Waals surface area contributed by atoms with Gasteiger partial charge in [-0.1, -0.05) is 26.0 Å². The molecule has 2 aromatic carbocycles. The van der Waals surface area contributed by atoms with Gasteiger partial charge in [0.25, 0.3) is 0 Å². The summed E-state index contributed by atoms with van der Waals surface area (Å²) >= 11 is 0. The van der Waals surface area contributed by atoms with Gasteiger partial charge >= 0.3 is 0 Å². The van der Waals surface area contributed by atoms with Crippen molar-refractivity contribution in [2.24, 2.45) is 0 Å². The van der Waals surface area contributed by atoms with Gasteiger partial charge in [-0.15, -0.1) is 0 Å². The van der Waals surface area contributed by atoms with Crippen molar-refractivity contribution in [1.29, 1.82) is 0 Å². The molecular weight excluding hydrogens is 362 g/mol. The summed E-state index contributed by atoms with van der Waals surface area (Å²) in [5.74, 6) is 2.40. The number of rotatable bonds is 7. The molecule has 0 amide bonds. The van der Waals surface area contributed by atoms with E-state index in [2.05, 4.69) is 59.0 Å². The molecule has 29 heavy (non-hydrogen) atoms. The van der Waals surface area contributed by atoms with E-state index < -0.39 is 0 Å². The van der Waals surface area contributed by atoms with Crippen molar-refractivity contribution in [2.75, 3.05) is 51.3 Å². The Labute approximate surface area is 173 Å². The molecule has 0 aliphatic carbocycles. The Balaban J connectivity index is 1.32. The van der Waals surface area contributed by atoms with Crippen molar-refractivity contribution >= 4 is 16.6 Å². The SMILES string of the molecule is COc1ccccc1N1CCN(CCOc2cc3cc[nH]c3cc2C(C)C)CC1. The number of piperazine rings is 1. The lowest BCUT2D eigenvalue weighted by molar-refractivity contribution is 0.199. The van der Waals surface area contributed by atoms with E-state index in [1.54, 1.807) is 7.11 Å². The second-order valence-corrected chi connectivity index (χ2v) is 7.96. The zero-order valence-electron chi connectivity index (χ0n) is 17.6. The lowest BCUT2D eigenvalue weighted by Gasteiger charge is -2.36. The Morgan fingerprint density at radius 3 is 2.55 bits per heavy atom. The third kappa shape index (κ3) is 4.35. The number of fused-ring (bicyclic) bond motifs is 1. The molecule has 3 aromatic rings. The van der Waals surface area contributed by atoms with E-state index in [0.717, 1.165) is 44.2 Å². The van der Waals surface area contributed by atoms with E-state index >= 15 is 0 Å². The van der Waals surface area contributed by atoms with Crippen molar-refractivity contribution in [3.63, 3.8) is 0 Å². The van der Waals surface area contributed by atoms with Crippen LogP contribution in [-0.2, 0) is 0 Å². The quantitative estimate of drug-likeness (QED) is 0.642. The molecule has 0 bridgehead atoms. The largest absolute Gasteiger partial charge is 0.495 e. The molecule has 0 atom stereocenters. The van der Waals surface area contributed by atoms with Gasteiger partial charge in [-0.05, 0) is 41.8 Å². The maximum Gasteiger partial charge on any atom is 0.142 e. The van der Waals surface area contributed by atoms with E-state index in [4.69, 9.17) is 9.47 Å². The topological polar surface area (TPSA) is 40.7 Å². The highest BCUT2D eigenvalue weighted by Gasteiger charge is 2.19. The number of aromatic amines is 1. The van der Waals surface area contributed by atoms with Gasteiger partial charge < -0.3 is 19.4 Å². The standard InChI is InChI=1S/C24H31N3O2/c1-18(2)20-17-21-19(8-9-25-21)16-24(20)29-15-14-26-10-12-27(13-11-26)22-6-4-5-7-23(22)28-3/h4-9,16-18,25H,10-15H2,1-3H3. The van der Waals surface area contributed by atoms with Crippen LogP contribution >= 0.6 is 0 Å². The average molecular weight is 394 g/mol. The molecule has 5 heteroatoms. The van der Waals surface area contributed by atoms with Crippen molar-refractivity contribution in [3.05, 3.63) is 54.2 Å². The third-order valence-electron chi connectivity index (χ3n) is 5.77. The second kappa shape index (κ2) is 8.78. The molecule has 1 aromatic heterocycles. The molecule has 4 rings (SSSR count). The molecule has 0 saturated carbocycles. The second-order valence-electron chi connectivity index (χ2n) is 7.96. The number of benzene rings is 2. The Bertz CT molecular complexity index is 942. The van der Waals surface area contributed by atoms with Crippen LogP contribution in [0.3, 0.4) is 0 Å². The fourth-order valence-corrected chi connectivity index (χ4v) is 4.06. The van der Waals surface area contributed by atoms with Gasteiger partial charge in [-0.3, -0.25) is 4.90 Å². The average Bonchev–Trinajstić information content (AvgIpc) is 3.21. The fourth-order valence-electron chi connectivity index (χ4n) is 4.06. The third-order valence-corrected chi connectivity index (χ3v) is 5.77. The highest BCUT2D eigenvalue weighted by molar-refractivity contribution is 5.82. The lowest BCUT2D eigenvalue weighted by Crippen LogP contribution is -2.47. The highest BCUT2D eigenvalue weighted by atomic mass is 16.5. The fraction of sp³-hybridized carbons (Fsp3) is 0.417. The number of H-pyrrole nitrogens is 1. The van der Waals surface area contributed by atoms with Gasteiger partial charge in [-0.25, -0.2) is 0 Å². The molecule has 0 spiro atoms. The minimum absolute atomic E-state index is 0.432. The summed E-state index contributed by atoms with van der Waals surface area (Å²) in [5, 5.41) is 1.20. The van der Waals surface area contributed by atoms with Crippen LogP contribution in [0.5, 0.6) is 11.5 Å². The zero-order chi connectivity index (χ0) is 20.2. The number of nitrogens with one attached hydrogen (secondary N) is 1. The monoisotopic (exact) mass is 393 g/mol. The minimum atomic E-state index is 0.432. The first-order valence-electron chi connectivity index (χ1n) is 10.5. The van der Waals surface area contributed by atoms with E-state index in [-0.39, 0.29) is 0 Å². The molecule has 1 fully saturated rings. The summed E-state index contributed by atoms with van der Waals surface area (Å²) < 4.78 is 11.8. The highest BCUT2D eigenvalue weighted by Crippen LogP contribution is 2.31. The van der Waals surface area contributed by atoms with E-state index in [1.165, 1.54) is 22.2 Å². The van der Waals surface area contributed by atoms with Crippen molar-refractivity contribution in [1.82, 2.24) is 9.88 Å². The van der Waals surface area contributed by atoms with Crippen LogP contribution in [0, 0.1) is 0 Å². The van der Waals surface area contributed by atoms with E-state index in [1.807, 2.05) is 18.3 Å². The number of nitrogens with zero attached hydrogens (tertiary/aromatic N) is 2. The maximum atomic E-state index is 6.24. The number of ether oxygens (including phenoxy) is 2. The van der Waals surface area contributed by atoms with Gasteiger partial charge in [-0.2, -0.15) is 0 Å². The van der Waals surface area contributed by atoms with Gasteiger partial charge in [0.2, 0.25) is 0 Å². The van der Waals surface area contributed by atoms with Crippen LogP contribution in [0.15, 0.2) is 48.7 Å². The molecule has 0 radical (unpaired) electrons. The summed E-state index contributed by atoms with van der Waals surface area (Å²) in [4.78, 5) is 8.19. The molecule has 1 N–H and O–H groups in total. The molecule has 2 heterocycles. The smallest absolute Gasteiger partial charge is 0.142 e. The zero-order valence-corrected chi connectivity index (χ0v) is 17.6. The van der Waals surface area contributed by atoms with Crippen molar-refractivity contribution < 1.29 is 9.47 Å². The summed E-state index contributed by atoms with van der Waals surface area (Å²) in [7, 11) is 1.74. The molecule has 5 nitrogen and oxygen atoms in total. The first-order chi connectivity index (χ1) is 14.2. The molecule has 154 valence electrons. The van der Waals surface area contributed by atoms with Crippen LogP contribution in [0.1, 0.15) is 25.3 Å². The van der Waals surface area contributed by atoms with E-state index in [9.17, 15) is 0 Å². The molecular formula is C24H31N3O2. The van der Waals surface area contributed by atoms with Gasteiger partial charge in [0.1, 0.15) is 18.1 Å². The summed E-state index contributed by atoms with van der Waals surface area (Å²) in [5.41, 5.74) is 3.63. The number of hydrogen-bond donors (Lipinski definition) is 1. The summed E-state index contributed by atoms with van der Waals surface area (Å²) in [6.45, 7) is 10.2. The van der Waals surface area contributed by atoms with E-state index in [0.29, 0.717) is 12.5 Å². The molecule has 1 saturated heterocycles. The van der Waals surface area contributed by atoms with Crippen LogP contribution in [0.4, 0.5) is 5.69 Å². The summed E-state index contributed by atoms with van der Waals surface area (Å²) in [6.07, 6.45) is 1.99. The summed E-state index contributed by atoms with van der Waals surface area (Å²) in [6, 6.07) is 14.8. The first kappa shape index (κ1) is 19.6. The van der Waals surface area contributed by atoms with Crippen LogP contribution in [0.25, 0.3) is 10.9 Å². The van der Waals surface area contributed by atoms with Gasteiger partial charge in [0, 0.05) is 49.8 Å². The van der Waals surface area contributed by atoms with Crippen LogP contribution in [-0.4, -0.2) is 56.3 Å². The predicted octanol–water partition coefficient (Wildman–Crippen LogP) is 4.50. The number of aromatic nitrogens is 1. The maximum absolute atomic E-state index is 6.24. The van der Waals surface area contributed by atoms with Crippen LogP contribution < -0.4 is 14.4 Å². The number of para-hydroxylation sites is 2. The Morgan fingerprint density at radius 2 is 1.79 bits per heavy atom. The number of methoxy groups -OCH3 is 1. The Morgan fingerprint density at radius 1 is 1.00 bits per heavy atom.